The summed E-state index contributed by atoms with van der Waals surface area (Å²) in [7, 11) is 2.95. The number of methoxy groups -OCH3 is 2. The first-order valence-electron chi connectivity index (χ1n) is 10.1. The smallest absolute Gasteiger partial charge is 0.329 e. The van der Waals surface area contributed by atoms with Crippen molar-refractivity contribution in [2.24, 2.45) is 23.7 Å². The Hall–Kier alpha value is -3.36. The Kier molecular flexibility index (Phi) is 5.43. The Morgan fingerprint density at radius 1 is 1.10 bits per heavy atom. The number of likely N-dealkylation sites (tertiary alicyclic amines) is 1. The minimum Gasteiger partial charge on any atom is -0.497 e. The number of amides is 3. The van der Waals surface area contributed by atoms with E-state index in [1.165, 1.54) is 21.1 Å². The predicted octanol–water partition coefficient (Wildman–Crippen LogP) is 1.38. The van der Waals surface area contributed by atoms with Crippen molar-refractivity contribution in [1.82, 2.24) is 4.90 Å². The number of esters is 1. The number of allylic oxidation sites excluding steroid dienone is 2. The lowest BCUT2D eigenvalue weighted by atomic mass is 9.85. The maximum absolute atomic E-state index is 12.8. The van der Waals surface area contributed by atoms with Crippen LogP contribution in [0.15, 0.2) is 30.4 Å². The van der Waals surface area contributed by atoms with Crippen LogP contribution in [-0.4, -0.2) is 55.5 Å². The largest absolute Gasteiger partial charge is 0.497 e. The molecular weight excluding hydrogens is 404 g/mol. The first-order chi connectivity index (χ1) is 14.8. The monoisotopic (exact) mass is 428 g/mol. The molecule has 1 heterocycles. The van der Waals surface area contributed by atoms with Crippen LogP contribution in [0.25, 0.3) is 0 Å². The average molecular weight is 428 g/mol. The number of benzene rings is 1. The number of imide groups is 1. The van der Waals surface area contributed by atoms with E-state index >= 15 is 0 Å². The molecule has 1 aromatic carbocycles. The highest BCUT2D eigenvalue weighted by Gasteiger charge is 2.60. The van der Waals surface area contributed by atoms with E-state index in [2.05, 4.69) is 5.32 Å². The zero-order valence-corrected chi connectivity index (χ0v) is 17.5. The van der Waals surface area contributed by atoms with Crippen molar-refractivity contribution >= 4 is 29.4 Å². The van der Waals surface area contributed by atoms with Gasteiger partial charge in [0.05, 0.1) is 31.7 Å². The highest BCUT2D eigenvalue weighted by molar-refractivity contribution is 6.09. The Morgan fingerprint density at radius 2 is 1.74 bits per heavy atom. The van der Waals surface area contributed by atoms with E-state index < -0.39 is 24.5 Å². The molecule has 1 aliphatic heterocycles. The molecule has 2 aliphatic carbocycles. The Morgan fingerprint density at radius 3 is 2.32 bits per heavy atom. The summed E-state index contributed by atoms with van der Waals surface area (Å²) in [5.74, 6) is -1.79. The van der Waals surface area contributed by atoms with Crippen LogP contribution in [0.4, 0.5) is 5.69 Å². The standard InChI is InChI=1S/C22H24N2O7/c1-11(24-20(26)18-12-4-5-13(8-12)19(18)21(24)27)22(28)31-10-17(25)23-15-9-14(29-2)6-7-16(15)30-3/h4-7,9,11-13,18-19H,8,10H2,1-3H3,(H,23,25)/t11-,12-,13-,18-,19+/m0/s1. The maximum atomic E-state index is 12.8. The molecule has 1 aromatic rings. The van der Waals surface area contributed by atoms with E-state index in [1.807, 2.05) is 12.2 Å². The summed E-state index contributed by atoms with van der Waals surface area (Å²) in [4.78, 5) is 51.4. The summed E-state index contributed by atoms with van der Waals surface area (Å²) in [6.45, 7) is 0.872. The summed E-state index contributed by atoms with van der Waals surface area (Å²) in [5.41, 5.74) is 0.358. The van der Waals surface area contributed by atoms with Gasteiger partial charge in [0.25, 0.3) is 5.91 Å². The molecule has 31 heavy (non-hydrogen) atoms. The maximum Gasteiger partial charge on any atom is 0.329 e. The fraction of sp³-hybridized carbons (Fsp3) is 0.455. The third kappa shape index (κ3) is 3.54. The molecule has 0 aromatic heterocycles. The van der Waals surface area contributed by atoms with Crippen molar-refractivity contribution in [3.63, 3.8) is 0 Å². The van der Waals surface area contributed by atoms with Gasteiger partial charge < -0.3 is 19.5 Å². The third-order valence-electron chi connectivity index (χ3n) is 6.26. The van der Waals surface area contributed by atoms with Crippen LogP contribution in [0.2, 0.25) is 0 Å². The van der Waals surface area contributed by atoms with Crippen LogP contribution in [0.3, 0.4) is 0 Å². The number of anilines is 1. The molecule has 5 atom stereocenters. The van der Waals surface area contributed by atoms with Crippen molar-refractivity contribution in [2.45, 2.75) is 19.4 Å². The van der Waals surface area contributed by atoms with Gasteiger partial charge in [-0.1, -0.05) is 12.2 Å². The first kappa shape index (κ1) is 20.9. The lowest BCUT2D eigenvalue weighted by molar-refractivity contribution is -0.159. The number of fused-ring (bicyclic) bond motifs is 5. The number of nitrogens with one attached hydrogen (secondary N) is 1. The second kappa shape index (κ2) is 8.05. The van der Waals surface area contributed by atoms with Crippen LogP contribution in [-0.2, 0) is 23.9 Å². The van der Waals surface area contributed by atoms with Crippen molar-refractivity contribution in [1.29, 1.82) is 0 Å². The van der Waals surface area contributed by atoms with E-state index in [1.54, 1.807) is 18.2 Å². The van der Waals surface area contributed by atoms with Gasteiger partial charge in [-0.2, -0.15) is 0 Å². The molecule has 1 N–H and O–H groups in total. The Balaban J connectivity index is 1.35. The third-order valence-corrected chi connectivity index (χ3v) is 6.26. The molecule has 3 amide bonds. The summed E-state index contributed by atoms with van der Waals surface area (Å²) in [6, 6.07) is 3.79. The van der Waals surface area contributed by atoms with Crippen LogP contribution < -0.4 is 14.8 Å². The predicted molar refractivity (Wildman–Crippen MR) is 108 cm³/mol. The van der Waals surface area contributed by atoms with Crippen molar-refractivity contribution < 1.29 is 33.4 Å². The number of rotatable bonds is 7. The Labute approximate surface area is 179 Å². The van der Waals surface area contributed by atoms with Crippen molar-refractivity contribution in [3.8, 4) is 11.5 Å². The minimum absolute atomic E-state index is 0.0586. The number of carbonyl (C=O) groups is 4. The number of ether oxygens (including phenoxy) is 3. The molecule has 0 spiro atoms. The molecule has 2 fully saturated rings. The summed E-state index contributed by atoms with van der Waals surface area (Å²) in [5, 5.41) is 2.59. The molecule has 0 unspecified atom stereocenters. The van der Waals surface area contributed by atoms with Gasteiger partial charge in [0.1, 0.15) is 17.5 Å². The molecule has 2 bridgehead atoms. The van der Waals surface area contributed by atoms with E-state index in [-0.39, 0.29) is 35.5 Å². The summed E-state index contributed by atoms with van der Waals surface area (Å²) >= 11 is 0. The van der Waals surface area contributed by atoms with Gasteiger partial charge in [0, 0.05) is 6.07 Å². The van der Waals surface area contributed by atoms with Crippen LogP contribution in [0.1, 0.15) is 13.3 Å². The number of carbonyl (C=O) groups excluding carboxylic acids is 4. The van der Waals surface area contributed by atoms with Gasteiger partial charge in [-0.3, -0.25) is 19.3 Å². The van der Waals surface area contributed by atoms with Crippen LogP contribution in [0, 0.1) is 23.7 Å². The molecule has 4 rings (SSSR count). The fourth-order valence-corrected chi connectivity index (χ4v) is 4.77. The molecule has 164 valence electrons. The van der Waals surface area contributed by atoms with E-state index in [4.69, 9.17) is 14.2 Å². The van der Waals surface area contributed by atoms with Crippen LogP contribution in [0.5, 0.6) is 11.5 Å². The molecule has 1 saturated carbocycles. The minimum atomic E-state index is -1.09. The summed E-state index contributed by atoms with van der Waals surface area (Å²) in [6.07, 6.45) is 4.79. The van der Waals surface area contributed by atoms with Gasteiger partial charge in [-0.05, 0) is 37.3 Å². The highest BCUT2D eigenvalue weighted by atomic mass is 16.5. The number of hydrogen-bond donors (Lipinski definition) is 1. The lowest BCUT2D eigenvalue weighted by Gasteiger charge is -2.23. The topological polar surface area (TPSA) is 111 Å². The summed E-state index contributed by atoms with van der Waals surface area (Å²) < 4.78 is 15.4. The van der Waals surface area contributed by atoms with E-state index in [0.717, 1.165) is 11.3 Å². The quantitative estimate of drug-likeness (QED) is 0.397. The first-order valence-corrected chi connectivity index (χ1v) is 10.1. The molecular formula is C22H24N2O7. The number of hydrogen-bond acceptors (Lipinski definition) is 7. The van der Waals surface area contributed by atoms with Gasteiger partial charge >= 0.3 is 5.97 Å². The fourth-order valence-electron chi connectivity index (χ4n) is 4.77. The normalized spacial score (nSPS) is 26.6. The highest BCUT2D eigenvalue weighted by Crippen LogP contribution is 2.52. The van der Waals surface area contributed by atoms with E-state index in [9.17, 15) is 19.2 Å². The van der Waals surface area contributed by atoms with Crippen molar-refractivity contribution in [2.75, 3.05) is 26.1 Å². The van der Waals surface area contributed by atoms with Crippen LogP contribution >= 0.6 is 0 Å². The SMILES string of the molecule is COc1ccc(OC)c(NC(=O)COC(=O)[C@H](C)N2C(=O)[C@@H]3[C@H](C2=O)[C@H]2C=C[C@H]3C2)c1. The van der Waals surface area contributed by atoms with Gasteiger partial charge in [-0.25, -0.2) is 4.79 Å². The van der Waals surface area contributed by atoms with Crippen molar-refractivity contribution in [3.05, 3.63) is 30.4 Å². The Bertz CT molecular complexity index is 943. The molecule has 9 nitrogen and oxygen atoms in total. The lowest BCUT2D eigenvalue weighted by Crippen LogP contribution is -2.45. The molecule has 1 saturated heterocycles. The number of nitrogens with zero attached hydrogens (tertiary/aromatic N) is 1. The van der Waals surface area contributed by atoms with Gasteiger partial charge in [-0.15, -0.1) is 0 Å². The molecule has 9 heteroatoms. The second-order valence-corrected chi connectivity index (χ2v) is 7.94. The average Bonchev–Trinajstić information content (AvgIpc) is 3.45. The van der Waals surface area contributed by atoms with Gasteiger partial charge in [0.2, 0.25) is 11.8 Å². The van der Waals surface area contributed by atoms with Gasteiger partial charge in [0.15, 0.2) is 6.61 Å². The molecule has 0 radical (unpaired) electrons. The van der Waals surface area contributed by atoms with E-state index in [0.29, 0.717) is 17.2 Å². The zero-order chi connectivity index (χ0) is 22.3. The second-order valence-electron chi connectivity index (χ2n) is 7.94. The zero-order valence-electron chi connectivity index (χ0n) is 17.5. The molecule has 3 aliphatic rings.